The topological polar surface area (TPSA) is 63.2 Å². The molecule has 0 aromatic rings. The van der Waals surface area contributed by atoms with Crippen LogP contribution in [0.3, 0.4) is 0 Å². The van der Waals surface area contributed by atoms with Crippen molar-refractivity contribution in [3.05, 3.63) is 0 Å². The van der Waals surface area contributed by atoms with Gasteiger partial charge in [0.1, 0.15) is 5.78 Å². The normalized spacial score (nSPS) is 16.0. The molecule has 0 aliphatic carbocycles. The Bertz CT molecular complexity index is 401. The summed E-state index contributed by atoms with van der Waals surface area (Å²) in [7, 11) is 0. The summed E-state index contributed by atoms with van der Waals surface area (Å²) in [6.07, 6.45) is 2.51. The van der Waals surface area contributed by atoms with Crippen molar-refractivity contribution in [3.8, 4) is 0 Å². The van der Waals surface area contributed by atoms with Crippen LogP contribution < -0.4 is 5.32 Å². The number of hydrogen-bond donors (Lipinski definition) is 1. The molecule has 1 amide bonds. The number of amides is 1. The van der Waals surface area contributed by atoms with E-state index in [2.05, 4.69) is 26.1 Å². The standard InChI is InChI=1S/C17H31NO3/c1-8-16(5,6)11-17(7,9-2)15(21)18-14(13(4)20)10-12(3)19/h14H,8-11H2,1-7H3,(H,18,21). The molecule has 0 fully saturated rings. The first-order valence-electron chi connectivity index (χ1n) is 7.78. The second-order valence-electron chi connectivity index (χ2n) is 7.15. The van der Waals surface area contributed by atoms with E-state index >= 15 is 0 Å². The molecule has 0 heterocycles. The maximum absolute atomic E-state index is 12.6. The molecule has 0 spiro atoms. The molecule has 0 aliphatic rings. The van der Waals surface area contributed by atoms with Crippen molar-refractivity contribution < 1.29 is 14.4 Å². The lowest BCUT2D eigenvalue weighted by Gasteiger charge is -2.36. The third-order valence-electron chi connectivity index (χ3n) is 4.44. The molecule has 0 bridgehead atoms. The van der Waals surface area contributed by atoms with Crippen molar-refractivity contribution in [1.29, 1.82) is 0 Å². The lowest BCUT2D eigenvalue weighted by atomic mass is 9.70. The Morgan fingerprint density at radius 1 is 1.00 bits per heavy atom. The summed E-state index contributed by atoms with van der Waals surface area (Å²) in [5.74, 6) is -0.401. The van der Waals surface area contributed by atoms with Crippen LogP contribution in [0.25, 0.3) is 0 Å². The highest BCUT2D eigenvalue weighted by Gasteiger charge is 2.38. The van der Waals surface area contributed by atoms with Crippen LogP contribution in [0.5, 0.6) is 0 Å². The Balaban J connectivity index is 5.07. The van der Waals surface area contributed by atoms with Gasteiger partial charge < -0.3 is 5.32 Å². The van der Waals surface area contributed by atoms with Gasteiger partial charge in [-0.3, -0.25) is 14.4 Å². The zero-order valence-corrected chi connectivity index (χ0v) is 14.6. The molecule has 0 rings (SSSR count). The second kappa shape index (κ2) is 7.71. The number of carbonyl (C=O) groups is 3. The Labute approximate surface area is 129 Å². The summed E-state index contributed by atoms with van der Waals surface area (Å²) in [6.45, 7) is 13.2. The van der Waals surface area contributed by atoms with Crippen molar-refractivity contribution in [1.82, 2.24) is 5.32 Å². The summed E-state index contributed by atoms with van der Waals surface area (Å²) >= 11 is 0. The predicted molar refractivity (Wildman–Crippen MR) is 85.0 cm³/mol. The lowest BCUT2D eigenvalue weighted by Crippen LogP contribution is -2.48. The molecular weight excluding hydrogens is 266 g/mol. The minimum Gasteiger partial charge on any atom is -0.345 e. The molecule has 0 aromatic heterocycles. The van der Waals surface area contributed by atoms with Gasteiger partial charge in [-0.2, -0.15) is 0 Å². The van der Waals surface area contributed by atoms with E-state index in [1.54, 1.807) is 0 Å². The van der Waals surface area contributed by atoms with Gasteiger partial charge in [-0.05, 0) is 32.1 Å². The van der Waals surface area contributed by atoms with Crippen LogP contribution in [0.15, 0.2) is 0 Å². The van der Waals surface area contributed by atoms with Crippen LogP contribution in [0.4, 0.5) is 0 Å². The number of Topliss-reactive ketones (excluding diaryl/α,β-unsaturated/α-hetero) is 2. The van der Waals surface area contributed by atoms with Crippen LogP contribution in [0.2, 0.25) is 0 Å². The number of hydrogen-bond acceptors (Lipinski definition) is 3. The van der Waals surface area contributed by atoms with Gasteiger partial charge in [0.05, 0.1) is 6.04 Å². The van der Waals surface area contributed by atoms with Gasteiger partial charge >= 0.3 is 0 Å². The molecule has 21 heavy (non-hydrogen) atoms. The van der Waals surface area contributed by atoms with E-state index in [1.807, 2.05) is 13.8 Å². The smallest absolute Gasteiger partial charge is 0.226 e. The average Bonchev–Trinajstić information content (AvgIpc) is 2.36. The van der Waals surface area contributed by atoms with Gasteiger partial charge in [-0.1, -0.05) is 41.0 Å². The Hall–Kier alpha value is -1.19. The summed E-state index contributed by atoms with van der Waals surface area (Å²) in [6, 6.07) is -0.703. The van der Waals surface area contributed by atoms with Gasteiger partial charge in [-0.25, -0.2) is 0 Å². The Kier molecular flexibility index (Phi) is 7.28. The van der Waals surface area contributed by atoms with Gasteiger partial charge in [0.15, 0.2) is 5.78 Å². The van der Waals surface area contributed by atoms with Gasteiger partial charge in [0.2, 0.25) is 5.91 Å². The molecule has 0 aromatic carbocycles. The molecule has 2 unspecified atom stereocenters. The summed E-state index contributed by atoms with van der Waals surface area (Å²) < 4.78 is 0. The van der Waals surface area contributed by atoms with Crippen molar-refractivity contribution in [2.75, 3.05) is 0 Å². The van der Waals surface area contributed by atoms with Crippen molar-refractivity contribution >= 4 is 17.5 Å². The van der Waals surface area contributed by atoms with E-state index in [1.165, 1.54) is 13.8 Å². The maximum atomic E-state index is 12.6. The first-order valence-corrected chi connectivity index (χ1v) is 7.78. The minimum atomic E-state index is -0.703. The third-order valence-corrected chi connectivity index (χ3v) is 4.44. The minimum absolute atomic E-state index is 0.0639. The highest BCUT2D eigenvalue weighted by molar-refractivity contribution is 5.93. The fourth-order valence-corrected chi connectivity index (χ4v) is 2.46. The SMILES string of the molecule is CCC(C)(C)CC(C)(CC)C(=O)NC(CC(C)=O)C(C)=O. The second-order valence-corrected chi connectivity index (χ2v) is 7.15. The molecule has 0 saturated heterocycles. The zero-order chi connectivity index (χ0) is 16.8. The highest BCUT2D eigenvalue weighted by atomic mass is 16.2. The molecule has 2 atom stereocenters. The summed E-state index contributed by atoms with van der Waals surface area (Å²) in [5, 5.41) is 2.78. The van der Waals surface area contributed by atoms with Crippen molar-refractivity contribution in [3.63, 3.8) is 0 Å². The van der Waals surface area contributed by atoms with Crippen molar-refractivity contribution in [2.45, 2.75) is 80.2 Å². The largest absolute Gasteiger partial charge is 0.345 e. The van der Waals surface area contributed by atoms with Gasteiger partial charge in [0, 0.05) is 11.8 Å². The molecule has 4 heteroatoms. The summed E-state index contributed by atoms with van der Waals surface area (Å²) in [4.78, 5) is 35.4. The molecule has 122 valence electrons. The average molecular weight is 297 g/mol. The first kappa shape index (κ1) is 19.8. The van der Waals surface area contributed by atoms with Crippen LogP contribution >= 0.6 is 0 Å². The Morgan fingerprint density at radius 3 is 1.86 bits per heavy atom. The quantitative estimate of drug-likeness (QED) is 0.710. The molecule has 0 radical (unpaired) electrons. The van der Waals surface area contributed by atoms with Gasteiger partial charge in [-0.15, -0.1) is 0 Å². The number of carbonyl (C=O) groups excluding carboxylic acids is 3. The van der Waals surface area contributed by atoms with Crippen LogP contribution in [-0.2, 0) is 14.4 Å². The monoisotopic (exact) mass is 297 g/mol. The molecule has 4 nitrogen and oxygen atoms in total. The van der Waals surface area contributed by atoms with E-state index < -0.39 is 11.5 Å². The fourth-order valence-electron chi connectivity index (χ4n) is 2.46. The predicted octanol–water partition coefficient (Wildman–Crippen LogP) is 3.28. The number of nitrogens with one attached hydrogen (secondary N) is 1. The maximum Gasteiger partial charge on any atom is 0.226 e. The van der Waals surface area contributed by atoms with E-state index in [9.17, 15) is 14.4 Å². The molecule has 0 saturated carbocycles. The zero-order valence-electron chi connectivity index (χ0n) is 14.6. The molecule has 0 aliphatic heterocycles. The summed E-state index contributed by atoms with van der Waals surface area (Å²) in [5.41, 5.74) is -0.460. The van der Waals surface area contributed by atoms with E-state index in [0.717, 1.165) is 12.8 Å². The van der Waals surface area contributed by atoms with Crippen molar-refractivity contribution in [2.24, 2.45) is 10.8 Å². The Morgan fingerprint density at radius 2 is 1.52 bits per heavy atom. The lowest BCUT2D eigenvalue weighted by molar-refractivity contribution is -0.136. The molecule has 1 N–H and O–H groups in total. The fraction of sp³-hybridized carbons (Fsp3) is 0.824. The first-order chi connectivity index (χ1) is 9.47. The van der Waals surface area contributed by atoms with Crippen LogP contribution in [-0.4, -0.2) is 23.5 Å². The van der Waals surface area contributed by atoms with E-state index in [-0.39, 0.29) is 29.3 Å². The van der Waals surface area contributed by atoms with Gasteiger partial charge in [0.25, 0.3) is 0 Å². The molecular formula is C17H31NO3. The van der Waals surface area contributed by atoms with E-state index in [4.69, 9.17) is 0 Å². The van der Waals surface area contributed by atoms with Crippen LogP contribution in [0, 0.1) is 10.8 Å². The number of ketones is 2. The van der Waals surface area contributed by atoms with E-state index in [0.29, 0.717) is 6.42 Å². The number of rotatable bonds is 9. The highest BCUT2D eigenvalue weighted by Crippen LogP contribution is 2.38. The van der Waals surface area contributed by atoms with Crippen LogP contribution in [0.1, 0.15) is 74.1 Å². The third kappa shape index (κ3) is 6.40.